The summed E-state index contributed by atoms with van der Waals surface area (Å²) in [6, 6.07) is 11.6. The first kappa shape index (κ1) is 17.4. The van der Waals surface area contributed by atoms with Crippen LogP contribution in [0.3, 0.4) is 0 Å². The second-order valence-corrected chi connectivity index (χ2v) is 7.47. The number of thiazole rings is 1. The molecule has 6 nitrogen and oxygen atoms in total. The van der Waals surface area contributed by atoms with Gasteiger partial charge in [-0.05, 0) is 36.4 Å². The molecule has 1 saturated heterocycles. The van der Waals surface area contributed by atoms with Crippen LogP contribution >= 0.6 is 11.3 Å². The zero-order chi connectivity index (χ0) is 19.0. The van der Waals surface area contributed by atoms with Crippen molar-refractivity contribution in [2.75, 3.05) is 28.6 Å². The second-order valence-electron chi connectivity index (χ2n) is 6.46. The van der Waals surface area contributed by atoms with E-state index in [1.54, 1.807) is 30.3 Å². The summed E-state index contributed by atoms with van der Waals surface area (Å²) < 4.78 is 14.1. The molecule has 138 valence electrons. The Balaban J connectivity index is 1.37. The molecule has 4 rings (SSSR count). The second kappa shape index (κ2) is 6.96. The number of nitrogens with zero attached hydrogens (tertiary/aromatic N) is 2. The van der Waals surface area contributed by atoms with Crippen molar-refractivity contribution in [2.24, 2.45) is 5.92 Å². The molecule has 0 saturated carbocycles. The number of anilines is 3. The van der Waals surface area contributed by atoms with Crippen LogP contribution in [-0.2, 0) is 9.59 Å². The summed E-state index contributed by atoms with van der Waals surface area (Å²) >= 11 is 1.42. The largest absolute Gasteiger partial charge is 0.346 e. The molecule has 1 aromatic heterocycles. The van der Waals surface area contributed by atoms with Gasteiger partial charge in [0, 0.05) is 31.4 Å². The summed E-state index contributed by atoms with van der Waals surface area (Å²) in [7, 11) is 0. The van der Waals surface area contributed by atoms with E-state index >= 15 is 0 Å². The number of amides is 2. The number of halogens is 1. The number of rotatable bonds is 4. The lowest BCUT2D eigenvalue weighted by atomic mass is 10.00. The van der Waals surface area contributed by atoms with Crippen LogP contribution in [0.2, 0.25) is 0 Å². The molecule has 1 aliphatic heterocycles. The summed E-state index contributed by atoms with van der Waals surface area (Å²) in [6.45, 7) is 2.57. The van der Waals surface area contributed by atoms with Gasteiger partial charge >= 0.3 is 0 Å². The van der Waals surface area contributed by atoms with E-state index < -0.39 is 0 Å². The SMILES string of the molecule is CC(=O)Nc1cccc(NC(=O)C2CN(c3nc4ccc(F)cc4s3)C2)c1. The Kier molecular flexibility index (Phi) is 4.49. The third-order valence-corrected chi connectivity index (χ3v) is 5.39. The first-order chi connectivity index (χ1) is 13.0. The fourth-order valence-corrected chi connectivity index (χ4v) is 3.95. The van der Waals surface area contributed by atoms with Crippen molar-refractivity contribution in [3.63, 3.8) is 0 Å². The van der Waals surface area contributed by atoms with Crippen LogP contribution in [0.1, 0.15) is 6.92 Å². The lowest BCUT2D eigenvalue weighted by Crippen LogP contribution is -2.52. The number of carbonyl (C=O) groups excluding carboxylic acids is 2. The minimum absolute atomic E-state index is 0.0709. The van der Waals surface area contributed by atoms with Gasteiger partial charge in [0.2, 0.25) is 11.8 Å². The van der Waals surface area contributed by atoms with E-state index in [-0.39, 0.29) is 23.5 Å². The summed E-state index contributed by atoms with van der Waals surface area (Å²) in [5.41, 5.74) is 2.04. The fourth-order valence-electron chi connectivity index (χ4n) is 2.94. The molecule has 0 spiro atoms. The first-order valence-corrected chi connectivity index (χ1v) is 9.29. The number of fused-ring (bicyclic) bond motifs is 1. The predicted molar refractivity (Wildman–Crippen MR) is 105 cm³/mol. The van der Waals surface area contributed by atoms with E-state index in [2.05, 4.69) is 15.6 Å². The van der Waals surface area contributed by atoms with Gasteiger partial charge in [-0.1, -0.05) is 17.4 Å². The summed E-state index contributed by atoms with van der Waals surface area (Å²) in [4.78, 5) is 30.1. The van der Waals surface area contributed by atoms with Crippen LogP contribution < -0.4 is 15.5 Å². The van der Waals surface area contributed by atoms with Crippen molar-refractivity contribution in [3.8, 4) is 0 Å². The van der Waals surface area contributed by atoms with Crippen LogP contribution in [0, 0.1) is 11.7 Å². The van der Waals surface area contributed by atoms with Crippen LogP contribution in [0.4, 0.5) is 20.9 Å². The van der Waals surface area contributed by atoms with Crippen LogP contribution in [0.5, 0.6) is 0 Å². The Hall–Kier alpha value is -3.00. The van der Waals surface area contributed by atoms with Gasteiger partial charge in [0.1, 0.15) is 5.82 Å². The fraction of sp³-hybridized carbons (Fsp3) is 0.211. The minimum Gasteiger partial charge on any atom is -0.346 e. The molecule has 27 heavy (non-hydrogen) atoms. The van der Waals surface area contributed by atoms with Gasteiger partial charge in [0.05, 0.1) is 16.1 Å². The zero-order valence-electron chi connectivity index (χ0n) is 14.5. The number of benzene rings is 2. The lowest BCUT2D eigenvalue weighted by Gasteiger charge is -2.37. The van der Waals surface area contributed by atoms with Crippen molar-refractivity contribution in [1.29, 1.82) is 0 Å². The molecule has 1 aliphatic rings. The molecule has 0 atom stereocenters. The number of hydrogen-bond donors (Lipinski definition) is 2. The third-order valence-electron chi connectivity index (χ3n) is 4.31. The van der Waals surface area contributed by atoms with Gasteiger partial charge in [-0.15, -0.1) is 0 Å². The Morgan fingerprint density at radius 2 is 1.89 bits per heavy atom. The van der Waals surface area contributed by atoms with Gasteiger partial charge in [-0.25, -0.2) is 9.37 Å². The Bertz CT molecular complexity index is 1030. The minimum atomic E-state index is -0.278. The molecule has 0 aliphatic carbocycles. The van der Waals surface area contributed by atoms with Gasteiger partial charge < -0.3 is 15.5 Å². The Labute approximate surface area is 159 Å². The normalized spacial score (nSPS) is 14.1. The molecule has 2 N–H and O–H groups in total. The molecule has 3 aromatic rings. The van der Waals surface area contributed by atoms with Gasteiger partial charge in [-0.3, -0.25) is 9.59 Å². The maximum absolute atomic E-state index is 13.3. The van der Waals surface area contributed by atoms with Gasteiger partial charge in [0.15, 0.2) is 5.13 Å². The maximum Gasteiger partial charge on any atom is 0.231 e. The highest BCUT2D eigenvalue weighted by atomic mass is 32.1. The van der Waals surface area contributed by atoms with E-state index in [1.165, 1.54) is 30.4 Å². The van der Waals surface area contributed by atoms with Gasteiger partial charge in [0.25, 0.3) is 0 Å². The smallest absolute Gasteiger partial charge is 0.231 e. The summed E-state index contributed by atoms with van der Waals surface area (Å²) in [6.07, 6.45) is 0. The topological polar surface area (TPSA) is 74.3 Å². The third kappa shape index (κ3) is 3.75. The highest BCUT2D eigenvalue weighted by molar-refractivity contribution is 7.22. The van der Waals surface area contributed by atoms with Crippen molar-refractivity contribution in [1.82, 2.24) is 4.98 Å². The van der Waals surface area contributed by atoms with Crippen LogP contribution in [0.15, 0.2) is 42.5 Å². The Morgan fingerprint density at radius 3 is 2.63 bits per heavy atom. The first-order valence-electron chi connectivity index (χ1n) is 8.47. The average molecular weight is 384 g/mol. The van der Waals surface area contributed by atoms with Crippen molar-refractivity contribution in [2.45, 2.75) is 6.92 Å². The molecular weight excluding hydrogens is 367 g/mol. The van der Waals surface area contributed by atoms with E-state index in [1.807, 2.05) is 4.90 Å². The zero-order valence-corrected chi connectivity index (χ0v) is 15.3. The summed E-state index contributed by atoms with van der Waals surface area (Å²) in [5, 5.41) is 6.37. The highest BCUT2D eigenvalue weighted by Gasteiger charge is 2.34. The molecule has 0 radical (unpaired) electrons. The quantitative estimate of drug-likeness (QED) is 0.722. The number of carbonyl (C=O) groups is 2. The van der Waals surface area contributed by atoms with E-state index in [0.29, 0.717) is 24.5 Å². The van der Waals surface area contributed by atoms with Gasteiger partial charge in [-0.2, -0.15) is 0 Å². The molecule has 8 heteroatoms. The van der Waals surface area contributed by atoms with Crippen LogP contribution in [-0.4, -0.2) is 29.9 Å². The molecular formula is C19H17FN4O2S. The lowest BCUT2D eigenvalue weighted by molar-refractivity contribution is -0.120. The standard InChI is InChI=1S/C19H17FN4O2S/c1-11(25)21-14-3-2-4-15(8-14)22-18(26)12-9-24(10-12)19-23-16-6-5-13(20)7-17(16)27-19/h2-8,12H,9-10H2,1H3,(H,21,25)(H,22,26). The van der Waals surface area contributed by atoms with Crippen molar-refractivity contribution >= 4 is 49.9 Å². The Morgan fingerprint density at radius 1 is 1.15 bits per heavy atom. The maximum atomic E-state index is 13.3. The molecule has 1 fully saturated rings. The van der Waals surface area contributed by atoms with Crippen LogP contribution in [0.25, 0.3) is 10.2 Å². The molecule has 2 heterocycles. The predicted octanol–water partition coefficient (Wildman–Crippen LogP) is 3.47. The van der Waals surface area contributed by atoms with Crippen molar-refractivity contribution in [3.05, 3.63) is 48.3 Å². The van der Waals surface area contributed by atoms with Crippen molar-refractivity contribution < 1.29 is 14.0 Å². The number of hydrogen-bond acceptors (Lipinski definition) is 5. The summed E-state index contributed by atoms with van der Waals surface area (Å²) in [5.74, 6) is -0.652. The number of aromatic nitrogens is 1. The van der Waals surface area contributed by atoms with E-state index in [4.69, 9.17) is 0 Å². The molecule has 2 aromatic carbocycles. The van der Waals surface area contributed by atoms with E-state index in [9.17, 15) is 14.0 Å². The highest BCUT2D eigenvalue weighted by Crippen LogP contribution is 2.33. The molecule has 0 bridgehead atoms. The number of nitrogens with one attached hydrogen (secondary N) is 2. The van der Waals surface area contributed by atoms with E-state index in [0.717, 1.165) is 15.3 Å². The molecule has 2 amide bonds. The average Bonchev–Trinajstić information content (AvgIpc) is 2.95. The monoisotopic (exact) mass is 384 g/mol. The molecule has 0 unspecified atom stereocenters.